The number of H-pyrrole nitrogens is 1. The fraction of sp³-hybridized carbons (Fsp3) is 0.500. The van der Waals surface area contributed by atoms with Crippen molar-refractivity contribution in [2.24, 2.45) is 0 Å². The van der Waals surface area contributed by atoms with Crippen LogP contribution in [0.1, 0.15) is 12.2 Å². The Hall–Kier alpha value is -1.45. The summed E-state index contributed by atoms with van der Waals surface area (Å²) in [5.41, 5.74) is 0. The molecule has 0 aliphatic rings. The van der Waals surface area contributed by atoms with Crippen LogP contribution in [0.15, 0.2) is 11.2 Å². The van der Waals surface area contributed by atoms with E-state index in [-0.39, 0.29) is 18.0 Å². The van der Waals surface area contributed by atoms with E-state index >= 15 is 0 Å². The number of aliphatic hydroxyl groups is 1. The van der Waals surface area contributed by atoms with Crippen LogP contribution in [0, 0.1) is 6.92 Å². The summed E-state index contributed by atoms with van der Waals surface area (Å²) < 4.78 is 25.3. The summed E-state index contributed by atoms with van der Waals surface area (Å²) in [7, 11) is -3.73. The Bertz CT molecular complexity index is 495. The molecule has 0 saturated carbocycles. The Morgan fingerprint density at radius 2 is 2.29 bits per heavy atom. The van der Waals surface area contributed by atoms with Gasteiger partial charge in [0, 0.05) is 6.54 Å². The number of hydrogen-bond acceptors (Lipinski definition) is 5. The number of aliphatic hydroxyl groups excluding tert-OH is 1. The summed E-state index contributed by atoms with van der Waals surface area (Å²) in [4.78, 5) is 16.6. The maximum absolute atomic E-state index is 11.6. The van der Waals surface area contributed by atoms with Crippen molar-refractivity contribution in [1.29, 1.82) is 0 Å². The van der Waals surface area contributed by atoms with Gasteiger partial charge in [0.05, 0.1) is 6.20 Å². The van der Waals surface area contributed by atoms with Gasteiger partial charge >= 0.3 is 5.97 Å². The summed E-state index contributed by atoms with van der Waals surface area (Å²) >= 11 is 0. The van der Waals surface area contributed by atoms with E-state index in [1.165, 1.54) is 0 Å². The van der Waals surface area contributed by atoms with Crippen LogP contribution in [0.3, 0.4) is 0 Å². The zero-order chi connectivity index (χ0) is 13.1. The molecule has 0 aliphatic heterocycles. The van der Waals surface area contributed by atoms with Gasteiger partial charge < -0.3 is 15.2 Å². The Morgan fingerprint density at radius 1 is 1.65 bits per heavy atom. The average Bonchev–Trinajstić information content (AvgIpc) is 2.65. The molecule has 8 nitrogen and oxygen atoms in total. The van der Waals surface area contributed by atoms with Crippen molar-refractivity contribution < 1.29 is 23.4 Å². The number of rotatable bonds is 6. The molecule has 9 heteroatoms. The van der Waals surface area contributed by atoms with E-state index < -0.39 is 22.1 Å². The van der Waals surface area contributed by atoms with Crippen molar-refractivity contribution in [3.8, 4) is 0 Å². The number of carbonyl (C=O) groups is 1. The highest BCUT2D eigenvalue weighted by atomic mass is 32.2. The first-order chi connectivity index (χ1) is 7.83. The molecule has 96 valence electrons. The number of aromatic amines is 1. The van der Waals surface area contributed by atoms with Crippen LogP contribution in [-0.2, 0) is 14.8 Å². The number of hydrogen-bond donors (Lipinski definition) is 4. The number of carboxylic acids is 1. The van der Waals surface area contributed by atoms with Crippen molar-refractivity contribution in [2.45, 2.75) is 24.5 Å². The van der Waals surface area contributed by atoms with E-state index in [1.54, 1.807) is 6.92 Å². The Labute approximate surface area is 97.7 Å². The first kappa shape index (κ1) is 13.6. The SMILES string of the molecule is Cc1ncc(S(=O)(=O)NCC[C@H](O)C(=O)O)[nH]1. The van der Waals surface area contributed by atoms with Gasteiger partial charge in [-0.15, -0.1) is 0 Å². The molecule has 0 saturated heterocycles. The summed E-state index contributed by atoms with van der Waals surface area (Å²) in [5.74, 6) is -0.933. The van der Waals surface area contributed by atoms with Gasteiger partial charge in [0.1, 0.15) is 5.82 Å². The molecular weight excluding hydrogens is 250 g/mol. The molecule has 0 aromatic carbocycles. The molecule has 1 rings (SSSR count). The van der Waals surface area contributed by atoms with Crippen molar-refractivity contribution in [3.63, 3.8) is 0 Å². The lowest BCUT2D eigenvalue weighted by Crippen LogP contribution is -2.30. The molecule has 0 unspecified atom stereocenters. The Balaban J connectivity index is 2.54. The van der Waals surface area contributed by atoms with Crippen LogP contribution in [0.5, 0.6) is 0 Å². The second-order valence-electron chi connectivity index (χ2n) is 3.37. The third kappa shape index (κ3) is 3.80. The second-order valence-corrected chi connectivity index (χ2v) is 5.11. The standard InChI is InChI=1S/C8H13N3O5S/c1-5-9-4-7(11-5)17(15,16)10-3-2-6(12)8(13)14/h4,6,10,12H,2-3H2,1H3,(H,9,11)(H,13,14)/t6-/m0/s1. The zero-order valence-electron chi connectivity index (χ0n) is 9.04. The molecule has 0 aliphatic carbocycles. The quantitative estimate of drug-likeness (QED) is 0.511. The summed E-state index contributed by atoms with van der Waals surface area (Å²) in [6.45, 7) is 1.43. The average molecular weight is 263 g/mol. The first-order valence-electron chi connectivity index (χ1n) is 4.75. The maximum Gasteiger partial charge on any atom is 0.332 e. The highest BCUT2D eigenvalue weighted by Gasteiger charge is 2.18. The zero-order valence-corrected chi connectivity index (χ0v) is 9.86. The normalized spacial score (nSPS) is 13.5. The molecule has 1 aromatic rings. The number of nitrogens with one attached hydrogen (secondary N) is 2. The van der Waals surface area contributed by atoms with Gasteiger partial charge in [0.15, 0.2) is 11.1 Å². The van der Waals surface area contributed by atoms with E-state index in [0.29, 0.717) is 5.82 Å². The van der Waals surface area contributed by atoms with Gasteiger partial charge in [-0.3, -0.25) is 0 Å². The minimum atomic E-state index is -3.73. The number of carboxylic acid groups (broad SMARTS) is 1. The van der Waals surface area contributed by atoms with Crippen LogP contribution in [0.2, 0.25) is 0 Å². The highest BCUT2D eigenvalue weighted by Crippen LogP contribution is 2.04. The van der Waals surface area contributed by atoms with E-state index in [9.17, 15) is 13.2 Å². The molecule has 1 heterocycles. The second kappa shape index (κ2) is 5.25. The van der Waals surface area contributed by atoms with Crippen molar-refractivity contribution in [2.75, 3.05) is 6.54 Å². The van der Waals surface area contributed by atoms with Gasteiger partial charge in [-0.25, -0.2) is 22.9 Å². The van der Waals surface area contributed by atoms with E-state index in [0.717, 1.165) is 6.20 Å². The largest absolute Gasteiger partial charge is 0.479 e. The Kier molecular flexibility index (Phi) is 4.21. The predicted octanol–water partition coefficient (Wildman–Crippen LogP) is -1.17. The Morgan fingerprint density at radius 3 is 2.76 bits per heavy atom. The van der Waals surface area contributed by atoms with Gasteiger partial charge in [0.2, 0.25) is 0 Å². The minimum absolute atomic E-state index is 0.0974. The molecule has 0 amide bonds. The molecule has 0 radical (unpaired) electrons. The fourth-order valence-electron chi connectivity index (χ4n) is 1.07. The molecule has 1 aromatic heterocycles. The van der Waals surface area contributed by atoms with Crippen LogP contribution < -0.4 is 4.72 Å². The maximum atomic E-state index is 11.6. The van der Waals surface area contributed by atoms with Crippen molar-refractivity contribution in [1.82, 2.24) is 14.7 Å². The molecule has 0 fully saturated rings. The van der Waals surface area contributed by atoms with Gasteiger partial charge in [-0.2, -0.15) is 0 Å². The lowest BCUT2D eigenvalue weighted by Gasteiger charge is -2.06. The lowest BCUT2D eigenvalue weighted by molar-refractivity contribution is -0.146. The summed E-state index contributed by atoms with van der Waals surface area (Å²) in [6, 6.07) is 0. The number of aliphatic carboxylic acids is 1. The molecule has 17 heavy (non-hydrogen) atoms. The van der Waals surface area contributed by atoms with Crippen molar-refractivity contribution >= 4 is 16.0 Å². The lowest BCUT2D eigenvalue weighted by atomic mass is 10.3. The highest BCUT2D eigenvalue weighted by molar-refractivity contribution is 7.89. The third-order valence-corrected chi connectivity index (χ3v) is 3.33. The van der Waals surface area contributed by atoms with Gasteiger partial charge in [-0.05, 0) is 13.3 Å². The van der Waals surface area contributed by atoms with Gasteiger partial charge in [-0.1, -0.05) is 0 Å². The van der Waals surface area contributed by atoms with E-state index in [1.807, 2.05) is 0 Å². The number of nitrogens with zero attached hydrogens (tertiary/aromatic N) is 1. The van der Waals surface area contributed by atoms with Crippen molar-refractivity contribution in [3.05, 3.63) is 12.0 Å². The summed E-state index contributed by atoms with van der Waals surface area (Å²) in [6.07, 6.45) is -0.631. The molecular formula is C8H13N3O5S. The molecule has 4 N–H and O–H groups in total. The van der Waals surface area contributed by atoms with Crippen LogP contribution in [0.25, 0.3) is 0 Å². The van der Waals surface area contributed by atoms with E-state index in [4.69, 9.17) is 10.2 Å². The van der Waals surface area contributed by atoms with Crippen LogP contribution >= 0.6 is 0 Å². The monoisotopic (exact) mass is 263 g/mol. The smallest absolute Gasteiger partial charge is 0.332 e. The number of aromatic nitrogens is 2. The first-order valence-corrected chi connectivity index (χ1v) is 6.23. The predicted molar refractivity (Wildman–Crippen MR) is 56.8 cm³/mol. The molecule has 0 bridgehead atoms. The number of aryl methyl sites for hydroxylation is 1. The van der Waals surface area contributed by atoms with Crippen LogP contribution in [-0.4, -0.2) is 47.2 Å². The topological polar surface area (TPSA) is 132 Å². The number of sulfonamides is 1. The van der Waals surface area contributed by atoms with E-state index in [2.05, 4.69) is 14.7 Å². The minimum Gasteiger partial charge on any atom is -0.479 e. The number of imidazole rings is 1. The molecule has 0 spiro atoms. The molecule has 1 atom stereocenters. The fourth-order valence-corrected chi connectivity index (χ4v) is 2.08. The summed E-state index contributed by atoms with van der Waals surface area (Å²) in [5, 5.41) is 17.2. The van der Waals surface area contributed by atoms with Crippen LogP contribution in [0.4, 0.5) is 0 Å². The van der Waals surface area contributed by atoms with Gasteiger partial charge in [0.25, 0.3) is 10.0 Å². The third-order valence-electron chi connectivity index (χ3n) is 1.96.